The predicted octanol–water partition coefficient (Wildman–Crippen LogP) is 5.48. The Balaban J connectivity index is 1.65. The quantitative estimate of drug-likeness (QED) is 0.435. The van der Waals surface area contributed by atoms with E-state index in [1.165, 1.54) is 0 Å². The molecule has 0 aliphatic heterocycles. The van der Waals surface area contributed by atoms with E-state index in [0.29, 0.717) is 33.8 Å². The molecule has 3 rings (SSSR count). The first-order valence-corrected chi connectivity index (χ1v) is 10.5. The summed E-state index contributed by atoms with van der Waals surface area (Å²) in [6.45, 7) is 1.46. The molecule has 0 saturated heterocycles. The van der Waals surface area contributed by atoms with E-state index in [1.54, 1.807) is 38.7 Å². The molecule has 0 unspecified atom stereocenters. The van der Waals surface area contributed by atoms with E-state index in [4.69, 9.17) is 37.4 Å². The number of nitrogens with zero attached hydrogens (tertiary/aromatic N) is 1. The van der Waals surface area contributed by atoms with Crippen molar-refractivity contribution in [1.29, 1.82) is 0 Å². The first kappa shape index (κ1) is 21.7. The van der Waals surface area contributed by atoms with Crippen LogP contribution in [-0.2, 0) is 13.0 Å². The van der Waals surface area contributed by atoms with E-state index >= 15 is 0 Å². The molecule has 3 aromatic rings. The molecule has 1 N–H and O–H groups in total. The highest BCUT2D eigenvalue weighted by Gasteiger charge is 2.15. The van der Waals surface area contributed by atoms with E-state index in [-0.39, 0.29) is 0 Å². The molecule has 0 bridgehead atoms. The minimum Gasteiger partial charge on any atom is -0.496 e. The number of hydrogen-bond acceptors (Lipinski definition) is 6. The van der Waals surface area contributed by atoms with Gasteiger partial charge >= 0.3 is 0 Å². The predicted molar refractivity (Wildman–Crippen MR) is 119 cm³/mol. The minimum atomic E-state index is 0.625. The molecule has 0 aliphatic rings. The molecule has 154 valence electrons. The molecule has 5 nitrogen and oxygen atoms in total. The van der Waals surface area contributed by atoms with Gasteiger partial charge in [-0.3, -0.25) is 0 Å². The molecule has 0 spiro atoms. The maximum atomic E-state index is 6.22. The SMILES string of the molecule is COc1cc(OC)c(-c2cnc(CNCCc3ccc(Cl)cc3Cl)s2)cc1OC. The fourth-order valence-electron chi connectivity index (χ4n) is 2.88. The van der Waals surface area contributed by atoms with Crippen molar-refractivity contribution < 1.29 is 14.2 Å². The first-order chi connectivity index (χ1) is 14.0. The normalized spacial score (nSPS) is 10.8. The molecular formula is C21H22Cl2N2O3S. The van der Waals surface area contributed by atoms with Crippen molar-refractivity contribution in [3.8, 4) is 27.7 Å². The van der Waals surface area contributed by atoms with E-state index < -0.39 is 0 Å². The van der Waals surface area contributed by atoms with Crippen LogP contribution in [0.1, 0.15) is 10.6 Å². The Morgan fingerprint density at radius 1 is 0.966 bits per heavy atom. The van der Waals surface area contributed by atoms with Gasteiger partial charge in [0.05, 0.1) is 26.2 Å². The number of rotatable bonds is 9. The van der Waals surface area contributed by atoms with Crippen molar-refractivity contribution >= 4 is 34.5 Å². The molecule has 0 amide bonds. The first-order valence-electron chi connectivity index (χ1n) is 8.95. The monoisotopic (exact) mass is 452 g/mol. The van der Waals surface area contributed by atoms with Crippen LogP contribution in [0.4, 0.5) is 0 Å². The van der Waals surface area contributed by atoms with Crippen LogP contribution in [-0.4, -0.2) is 32.9 Å². The van der Waals surface area contributed by atoms with Gasteiger partial charge in [0.25, 0.3) is 0 Å². The molecule has 1 heterocycles. The van der Waals surface area contributed by atoms with Crippen LogP contribution in [0.3, 0.4) is 0 Å². The molecule has 0 saturated carbocycles. The summed E-state index contributed by atoms with van der Waals surface area (Å²) in [5, 5.41) is 5.73. The lowest BCUT2D eigenvalue weighted by atomic mass is 10.1. The molecule has 0 fully saturated rings. The number of halogens is 2. The Morgan fingerprint density at radius 2 is 1.69 bits per heavy atom. The van der Waals surface area contributed by atoms with Crippen molar-refractivity contribution in [2.45, 2.75) is 13.0 Å². The van der Waals surface area contributed by atoms with Gasteiger partial charge in [-0.15, -0.1) is 11.3 Å². The van der Waals surface area contributed by atoms with Crippen LogP contribution >= 0.6 is 34.5 Å². The molecule has 0 aliphatic carbocycles. The number of hydrogen-bond donors (Lipinski definition) is 1. The second kappa shape index (κ2) is 10.2. The fraction of sp³-hybridized carbons (Fsp3) is 0.286. The van der Waals surface area contributed by atoms with Gasteiger partial charge in [0.15, 0.2) is 11.5 Å². The fourth-order valence-corrected chi connectivity index (χ4v) is 4.29. The van der Waals surface area contributed by atoms with Crippen molar-refractivity contribution in [3.05, 3.63) is 57.1 Å². The van der Waals surface area contributed by atoms with E-state index in [1.807, 2.05) is 30.5 Å². The average molecular weight is 453 g/mol. The van der Waals surface area contributed by atoms with Crippen molar-refractivity contribution in [3.63, 3.8) is 0 Å². The Morgan fingerprint density at radius 3 is 2.38 bits per heavy atom. The van der Waals surface area contributed by atoms with Crippen LogP contribution in [0.25, 0.3) is 10.4 Å². The van der Waals surface area contributed by atoms with Gasteiger partial charge in [-0.1, -0.05) is 29.3 Å². The van der Waals surface area contributed by atoms with Crippen LogP contribution in [0, 0.1) is 0 Å². The summed E-state index contributed by atoms with van der Waals surface area (Å²) in [5.41, 5.74) is 1.99. The Bertz CT molecular complexity index is 979. The maximum Gasteiger partial charge on any atom is 0.164 e. The third kappa shape index (κ3) is 5.34. The molecule has 29 heavy (non-hydrogen) atoms. The van der Waals surface area contributed by atoms with Crippen molar-refractivity contribution in [2.75, 3.05) is 27.9 Å². The van der Waals surface area contributed by atoms with E-state index in [0.717, 1.165) is 34.0 Å². The summed E-state index contributed by atoms with van der Waals surface area (Å²) in [5.74, 6) is 1.99. The topological polar surface area (TPSA) is 52.6 Å². The van der Waals surface area contributed by atoms with Crippen molar-refractivity contribution in [1.82, 2.24) is 10.3 Å². The molecule has 0 radical (unpaired) electrons. The summed E-state index contributed by atoms with van der Waals surface area (Å²) < 4.78 is 16.3. The largest absolute Gasteiger partial charge is 0.496 e. The summed E-state index contributed by atoms with van der Waals surface area (Å²) in [6, 6.07) is 9.30. The maximum absolute atomic E-state index is 6.22. The van der Waals surface area contributed by atoms with Crippen LogP contribution in [0.15, 0.2) is 36.5 Å². The Labute approximate surface area is 184 Å². The molecular weight excluding hydrogens is 431 g/mol. The zero-order chi connectivity index (χ0) is 20.8. The van der Waals surface area contributed by atoms with Gasteiger partial charge in [-0.05, 0) is 36.7 Å². The zero-order valence-electron chi connectivity index (χ0n) is 16.4. The molecule has 1 aromatic heterocycles. The number of benzene rings is 2. The second-order valence-corrected chi connectivity index (χ2v) is 8.15. The van der Waals surface area contributed by atoms with Crippen LogP contribution < -0.4 is 19.5 Å². The molecule has 2 aromatic carbocycles. The standard InChI is InChI=1S/C21H22Cl2N2O3S/c1-26-17-10-19(28-3)18(27-2)9-15(17)20-11-25-21(29-20)12-24-7-6-13-4-5-14(22)8-16(13)23/h4-5,8-11,24H,6-7,12H2,1-3H3. The zero-order valence-corrected chi connectivity index (χ0v) is 18.7. The highest BCUT2D eigenvalue weighted by molar-refractivity contribution is 7.15. The molecule has 0 atom stereocenters. The summed E-state index contributed by atoms with van der Waals surface area (Å²) in [7, 11) is 4.85. The lowest BCUT2D eigenvalue weighted by Crippen LogP contribution is -2.16. The summed E-state index contributed by atoms with van der Waals surface area (Å²) in [4.78, 5) is 5.52. The number of nitrogens with one attached hydrogen (secondary N) is 1. The lowest BCUT2D eigenvalue weighted by Gasteiger charge is -2.13. The van der Waals surface area contributed by atoms with Gasteiger partial charge in [0.2, 0.25) is 0 Å². The highest BCUT2D eigenvalue weighted by atomic mass is 35.5. The highest BCUT2D eigenvalue weighted by Crippen LogP contribution is 2.41. The van der Waals surface area contributed by atoms with Crippen molar-refractivity contribution in [2.24, 2.45) is 0 Å². The third-order valence-electron chi connectivity index (χ3n) is 4.39. The van der Waals surface area contributed by atoms with Gasteiger partial charge in [0.1, 0.15) is 10.8 Å². The Hall–Kier alpha value is -1.99. The smallest absolute Gasteiger partial charge is 0.164 e. The number of methoxy groups -OCH3 is 3. The average Bonchev–Trinajstić information content (AvgIpc) is 3.20. The van der Waals surface area contributed by atoms with E-state index in [2.05, 4.69) is 10.3 Å². The minimum absolute atomic E-state index is 0.625. The van der Waals surface area contributed by atoms with Crippen LogP contribution in [0.2, 0.25) is 10.0 Å². The number of aromatic nitrogens is 1. The number of ether oxygens (including phenoxy) is 3. The van der Waals surface area contributed by atoms with Crippen LogP contribution in [0.5, 0.6) is 17.2 Å². The third-order valence-corrected chi connectivity index (χ3v) is 6.00. The van der Waals surface area contributed by atoms with Gasteiger partial charge < -0.3 is 19.5 Å². The van der Waals surface area contributed by atoms with E-state index in [9.17, 15) is 0 Å². The lowest BCUT2D eigenvalue weighted by molar-refractivity contribution is 0.349. The van der Waals surface area contributed by atoms with Gasteiger partial charge in [0, 0.05) is 34.4 Å². The summed E-state index contributed by atoms with van der Waals surface area (Å²) in [6.07, 6.45) is 2.67. The van der Waals surface area contributed by atoms with Gasteiger partial charge in [-0.2, -0.15) is 0 Å². The Kier molecular flexibility index (Phi) is 7.61. The molecule has 8 heteroatoms. The number of thiazole rings is 1. The second-order valence-electron chi connectivity index (χ2n) is 6.19. The summed E-state index contributed by atoms with van der Waals surface area (Å²) >= 11 is 13.8. The van der Waals surface area contributed by atoms with Gasteiger partial charge in [-0.25, -0.2) is 4.98 Å².